The molecule has 0 amide bonds. The first-order chi connectivity index (χ1) is 16.7. The van der Waals surface area contributed by atoms with Crippen molar-refractivity contribution in [3.63, 3.8) is 0 Å². The highest BCUT2D eigenvalue weighted by Gasteiger charge is 2.33. The number of rotatable bonds is 8. The van der Waals surface area contributed by atoms with E-state index in [0.717, 1.165) is 42.8 Å². The Bertz CT molecular complexity index is 1230. The van der Waals surface area contributed by atoms with E-state index in [9.17, 15) is 21.6 Å². The summed E-state index contributed by atoms with van der Waals surface area (Å²) in [5.41, 5.74) is 2.14. The van der Waals surface area contributed by atoms with Gasteiger partial charge in [-0.15, -0.1) is 5.10 Å². The molecular weight excluding hydrogens is 479 g/mol. The van der Waals surface area contributed by atoms with Crippen molar-refractivity contribution in [3.05, 3.63) is 65.9 Å². The Kier molecular flexibility index (Phi) is 7.58. The Morgan fingerprint density at radius 1 is 0.971 bits per heavy atom. The van der Waals surface area contributed by atoms with Crippen molar-refractivity contribution in [2.75, 3.05) is 32.7 Å². The quantitative estimate of drug-likeness (QED) is 0.462. The second kappa shape index (κ2) is 10.5. The molecule has 0 aliphatic carbocycles. The minimum atomic E-state index is -4.59. The van der Waals surface area contributed by atoms with E-state index < -0.39 is 21.8 Å². The van der Waals surface area contributed by atoms with Crippen LogP contribution >= 0.6 is 0 Å². The van der Waals surface area contributed by atoms with Crippen LogP contribution in [0.2, 0.25) is 0 Å². The predicted octanol–water partition coefficient (Wildman–Crippen LogP) is 3.92. The van der Waals surface area contributed by atoms with E-state index in [2.05, 4.69) is 34.3 Å². The second-order valence-electron chi connectivity index (χ2n) is 8.54. The Balaban J connectivity index is 1.26. The average Bonchev–Trinajstić information content (AvgIpc) is 3.33. The molecule has 2 heterocycles. The predicted molar refractivity (Wildman–Crippen MR) is 126 cm³/mol. The van der Waals surface area contributed by atoms with Crippen LogP contribution in [-0.2, 0) is 29.2 Å². The fourth-order valence-corrected chi connectivity index (χ4v) is 5.55. The Morgan fingerprint density at radius 3 is 2.34 bits per heavy atom. The third kappa shape index (κ3) is 6.09. The normalized spacial score (nSPS) is 16.0. The van der Waals surface area contributed by atoms with Crippen LogP contribution in [-0.4, -0.2) is 65.3 Å². The first-order valence-corrected chi connectivity index (χ1v) is 13.0. The number of aryl methyl sites for hydroxylation is 2. The first-order valence-electron chi connectivity index (χ1n) is 11.6. The summed E-state index contributed by atoms with van der Waals surface area (Å²) in [5.74, 6) is 0. The van der Waals surface area contributed by atoms with E-state index >= 15 is 0 Å². The van der Waals surface area contributed by atoms with E-state index in [1.807, 2.05) is 18.3 Å². The number of nitrogens with zero attached hydrogens (tertiary/aromatic N) is 5. The topological polar surface area (TPSA) is 71.3 Å². The van der Waals surface area contributed by atoms with Crippen molar-refractivity contribution in [1.29, 1.82) is 0 Å². The number of hydrogen-bond donors (Lipinski definition) is 0. The van der Waals surface area contributed by atoms with Gasteiger partial charge in [0.15, 0.2) is 0 Å². The molecule has 0 bridgehead atoms. The molecule has 188 valence electrons. The molecule has 0 atom stereocenters. The van der Waals surface area contributed by atoms with Crippen LogP contribution in [0.3, 0.4) is 0 Å². The molecule has 1 aromatic heterocycles. The molecule has 1 saturated heterocycles. The molecule has 0 saturated carbocycles. The maximum absolute atomic E-state index is 13.0. The molecule has 0 unspecified atom stereocenters. The highest BCUT2D eigenvalue weighted by atomic mass is 32.2. The number of piperazine rings is 1. The third-order valence-electron chi connectivity index (χ3n) is 6.19. The lowest BCUT2D eigenvalue weighted by Crippen LogP contribution is -2.48. The molecule has 1 aliphatic rings. The van der Waals surface area contributed by atoms with Gasteiger partial charge < -0.3 is 4.90 Å². The van der Waals surface area contributed by atoms with Crippen LogP contribution in [0.5, 0.6) is 0 Å². The first kappa shape index (κ1) is 25.3. The van der Waals surface area contributed by atoms with Gasteiger partial charge >= 0.3 is 6.18 Å². The highest BCUT2D eigenvalue weighted by Crippen LogP contribution is 2.31. The summed E-state index contributed by atoms with van der Waals surface area (Å²) in [6.07, 6.45) is -0.869. The average molecular weight is 508 g/mol. The highest BCUT2D eigenvalue weighted by molar-refractivity contribution is 7.89. The van der Waals surface area contributed by atoms with Gasteiger partial charge in [0.2, 0.25) is 10.0 Å². The fraction of sp³-hybridized carbons (Fsp3) is 0.417. The van der Waals surface area contributed by atoms with E-state index in [1.165, 1.54) is 15.9 Å². The van der Waals surface area contributed by atoms with Gasteiger partial charge in [0.25, 0.3) is 0 Å². The molecule has 35 heavy (non-hydrogen) atoms. The second-order valence-corrected chi connectivity index (χ2v) is 10.5. The Hall–Kier alpha value is -2.76. The van der Waals surface area contributed by atoms with Crippen molar-refractivity contribution in [1.82, 2.24) is 24.2 Å². The lowest BCUT2D eigenvalue weighted by molar-refractivity contribution is -0.137. The number of halogens is 3. The minimum Gasteiger partial charge on any atom is -0.301 e. The summed E-state index contributed by atoms with van der Waals surface area (Å²) >= 11 is 0. The zero-order valence-corrected chi connectivity index (χ0v) is 20.3. The fourth-order valence-electron chi connectivity index (χ4n) is 4.08. The summed E-state index contributed by atoms with van der Waals surface area (Å²) in [7, 11) is -3.98. The van der Waals surface area contributed by atoms with Gasteiger partial charge in [0.1, 0.15) is 5.69 Å². The number of benzene rings is 2. The zero-order valence-electron chi connectivity index (χ0n) is 19.4. The molecule has 0 radical (unpaired) electrons. The molecule has 11 heteroatoms. The standard InChI is InChI=1S/C24H28F3N5O2S/c1-2-19-7-9-20(10-8-19)23-18-31(29-28-23)12-4-11-30-13-15-32(16-14-30)35(33,34)22-6-3-5-21(17-22)24(25,26)27/h3,5-10,17-18H,2,4,11-16H2,1H3. The van der Waals surface area contributed by atoms with Gasteiger partial charge in [0, 0.05) is 44.8 Å². The summed E-state index contributed by atoms with van der Waals surface area (Å²) in [5, 5.41) is 8.45. The number of aromatic nitrogens is 3. The van der Waals surface area contributed by atoms with Gasteiger partial charge in [-0.3, -0.25) is 4.68 Å². The van der Waals surface area contributed by atoms with E-state index in [4.69, 9.17) is 0 Å². The van der Waals surface area contributed by atoms with E-state index in [0.29, 0.717) is 25.7 Å². The van der Waals surface area contributed by atoms with Crippen LogP contribution in [0.25, 0.3) is 11.3 Å². The lowest BCUT2D eigenvalue weighted by Gasteiger charge is -2.34. The van der Waals surface area contributed by atoms with Gasteiger partial charge in [-0.25, -0.2) is 8.42 Å². The van der Waals surface area contributed by atoms with Crippen LogP contribution in [0.15, 0.2) is 59.6 Å². The molecule has 0 N–H and O–H groups in total. The van der Waals surface area contributed by atoms with Gasteiger partial charge in [0.05, 0.1) is 16.7 Å². The number of sulfonamides is 1. The molecule has 1 fully saturated rings. The summed E-state index contributed by atoms with van der Waals surface area (Å²) in [6, 6.07) is 12.2. The van der Waals surface area contributed by atoms with Crippen molar-refractivity contribution in [3.8, 4) is 11.3 Å². The third-order valence-corrected chi connectivity index (χ3v) is 8.08. The molecule has 3 aromatic rings. The molecule has 0 spiro atoms. The SMILES string of the molecule is CCc1ccc(-c2cn(CCCN3CCN(S(=O)(=O)c4cccc(C(F)(F)F)c4)CC3)nn2)cc1. The molecular formula is C24H28F3N5O2S. The van der Waals surface area contributed by atoms with Crippen LogP contribution in [0.1, 0.15) is 24.5 Å². The molecule has 1 aliphatic heterocycles. The van der Waals surface area contributed by atoms with Crippen LogP contribution in [0, 0.1) is 0 Å². The van der Waals surface area contributed by atoms with Gasteiger partial charge in [-0.1, -0.05) is 42.5 Å². The van der Waals surface area contributed by atoms with Crippen LogP contribution in [0.4, 0.5) is 13.2 Å². The van der Waals surface area contributed by atoms with Gasteiger partial charge in [-0.2, -0.15) is 17.5 Å². The number of alkyl halides is 3. The zero-order chi connectivity index (χ0) is 25.1. The molecule has 2 aromatic carbocycles. The van der Waals surface area contributed by atoms with Crippen molar-refractivity contribution >= 4 is 10.0 Å². The maximum Gasteiger partial charge on any atom is 0.416 e. The monoisotopic (exact) mass is 507 g/mol. The summed E-state index contributed by atoms with van der Waals surface area (Å²) in [6.45, 7) is 5.07. The van der Waals surface area contributed by atoms with Crippen molar-refractivity contribution in [2.24, 2.45) is 0 Å². The largest absolute Gasteiger partial charge is 0.416 e. The maximum atomic E-state index is 13.0. The van der Waals surface area contributed by atoms with Crippen LogP contribution < -0.4 is 0 Å². The summed E-state index contributed by atoms with van der Waals surface area (Å²) in [4.78, 5) is 1.83. The summed E-state index contributed by atoms with van der Waals surface area (Å²) < 4.78 is 67.7. The Labute approximate surface area is 203 Å². The van der Waals surface area contributed by atoms with Crippen molar-refractivity contribution < 1.29 is 21.6 Å². The lowest BCUT2D eigenvalue weighted by atomic mass is 10.1. The van der Waals surface area contributed by atoms with Gasteiger partial charge in [-0.05, 0) is 36.6 Å². The Morgan fingerprint density at radius 2 is 1.69 bits per heavy atom. The van der Waals surface area contributed by atoms with Crippen molar-refractivity contribution in [2.45, 2.75) is 37.4 Å². The number of hydrogen-bond acceptors (Lipinski definition) is 5. The molecule has 7 nitrogen and oxygen atoms in total. The van der Waals surface area contributed by atoms with E-state index in [1.54, 1.807) is 4.68 Å². The molecule has 4 rings (SSSR count). The minimum absolute atomic E-state index is 0.236. The van der Waals surface area contributed by atoms with E-state index in [-0.39, 0.29) is 18.0 Å². The smallest absolute Gasteiger partial charge is 0.301 e.